The average molecular weight is 339 g/mol. The second-order valence-electron chi connectivity index (χ2n) is 5.07. The quantitative estimate of drug-likeness (QED) is 0.374. The molecular formula is C18H17N3O2S. The summed E-state index contributed by atoms with van der Waals surface area (Å²) >= 11 is 1.56. The number of carbonyl (C=O) groups excluding carboxylic acids is 1. The van der Waals surface area contributed by atoms with Crippen LogP contribution in [0.25, 0.3) is 5.69 Å². The molecule has 0 saturated heterocycles. The summed E-state index contributed by atoms with van der Waals surface area (Å²) in [7, 11) is 0. The first kappa shape index (κ1) is 16.3. The van der Waals surface area contributed by atoms with Crippen molar-refractivity contribution in [3.05, 3.63) is 66.5 Å². The summed E-state index contributed by atoms with van der Waals surface area (Å²) in [5.74, 6) is 1.33. The molecule has 0 saturated carbocycles. The van der Waals surface area contributed by atoms with Gasteiger partial charge in [0.1, 0.15) is 12.1 Å². The lowest BCUT2D eigenvalue weighted by Gasteiger charge is -2.09. The van der Waals surface area contributed by atoms with Gasteiger partial charge in [-0.3, -0.25) is 9.36 Å². The van der Waals surface area contributed by atoms with E-state index < -0.39 is 0 Å². The van der Waals surface area contributed by atoms with Crippen molar-refractivity contribution in [2.24, 2.45) is 0 Å². The molecule has 0 aliphatic heterocycles. The van der Waals surface area contributed by atoms with Crippen LogP contribution in [0.2, 0.25) is 0 Å². The number of ether oxygens (including phenoxy) is 1. The molecule has 6 heteroatoms. The van der Waals surface area contributed by atoms with Gasteiger partial charge in [0.15, 0.2) is 10.9 Å². The highest BCUT2D eigenvalue weighted by molar-refractivity contribution is 7.99. The number of benzene rings is 2. The first-order valence-corrected chi connectivity index (χ1v) is 8.55. The molecule has 0 aliphatic rings. The standard InChI is InChI=1S/C18H17N3O2S/c1-14(22)16-9-5-6-10-17(16)23-11-12-24-18-20-19-13-21(18)15-7-3-2-4-8-15/h2-10,13H,11-12H2,1H3. The van der Waals surface area contributed by atoms with Crippen molar-refractivity contribution < 1.29 is 9.53 Å². The summed E-state index contributed by atoms with van der Waals surface area (Å²) < 4.78 is 7.68. The van der Waals surface area contributed by atoms with E-state index in [1.165, 1.54) is 0 Å². The van der Waals surface area contributed by atoms with E-state index in [0.29, 0.717) is 23.7 Å². The monoisotopic (exact) mass is 339 g/mol. The third-order valence-electron chi connectivity index (χ3n) is 3.39. The molecule has 24 heavy (non-hydrogen) atoms. The fraction of sp³-hybridized carbons (Fsp3) is 0.167. The van der Waals surface area contributed by atoms with Gasteiger partial charge in [0.25, 0.3) is 0 Å². The van der Waals surface area contributed by atoms with E-state index in [0.717, 1.165) is 10.8 Å². The minimum absolute atomic E-state index is 0.00192. The lowest BCUT2D eigenvalue weighted by atomic mass is 10.1. The Kier molecular flexibility index (Phi) is 5.28. The number of hydrogen-bond donors (Lipinski definition) is 0. The fourth-order valence-electron chi connectivity index (χ4n) is 2.26. The molecule has 5 nitrogen and oxygen atoms in total. The Morgan fingerprint density at radius 1 is 1.12 bits per heavy atom. The molecule has 0 fully saturated rings. The Balaban J connectivity index is 1.59. The molecule has 0 aliphatic carbocycles. The van der Waals surface area contributed by atoms with E-state index in [-0.39, 0.29) is 5.78 Å². The molecule has 0 radical (unpaired) electrons. The number of aromatic nitrogens is 3. The number of rotatable bonds is 7. The van der Waals surface area contributed by atoms with E-state index in [1.807, 2.05) is 53.1 Å². The number of Topliss-reactive ketones (excluding diaryl/α,β-unsaturated/α-hetero) is 1. The normalized spacial score (nSPS) is 10.5. The summed E-state index contributed by atoms with van der Waals surface area (Å²) in [6.45, 7) is 2.02. The molecule has 0 bridgehead atoms. The van der Waals surface area contributed by atoms with Crippen molar-refractivity contribution >= 4 is 17.5 Å². The zero-order valence-corrected chi connectivity index (χ0v) is 14.1. The van der Waals surface area contributed by atoms with E-state index >= 15 is 0 Å². The van der Waals surface area contributed by atoms with Crippen LogP contribution in [-0.2, 0) is 0 Å². The summed E-state index contributed by atoms with van der Waals surface area (Å²) in [6.07, 6.45) is 1.70. The number of carbonyl (C=O) groups is 1. The Hall–Kier alpha value is -2.60. The molecule has 3 rings (SSSR count). The van der Waals surface area contributed by atoms with Crippen LogP contribution in [0.1, 0.15) is 17.3 Å². The minimum Gasteiger partial charge on any atom is -0.492 e. The summed E-state index contributed by atoms with van der Waals surface area (Å²) in [5.41, 5.74) is 1.63. The number of hydrogen-bond acceptors (Lipinski definition) is 5. The Labute approximate surface area is 144 Å². The third-order valence-corrected chi connectivity index (χ3v) is 4.30. The summed E-state index contributed by atoms with van der Waals surface area (Å²) in [5, 5.41) is 8.94. The molecule has 1 aromatic heterocycles. The molecular weight excluding hydrogens is 322 g/mol. The van der Waals surface area contributed by atoms with Crippen LogP contribution in [0.15, 0.2) is 66.1 Å². The van der Waals surface area contributed by atoms with Crippen molar-refractivity contribution in [1.29, 1.82) is 0 Å². The Morgan fingerprint density at radius 3 is 2.67 bits per heavy atom. The smallest absolute Gasteiger partial charge is 0.195 e. The van der Waals surface area contributed by atoms with Gasteiger partial charge >= 0.3 is 0 Å². The van der Waals surface area contributed by atoms with Gasteiger partial charge in [0.2, 0.25) is 0 Å². The SMILES string of the molecule is CC(=O)c1ccccc1OCCSc1nncn1-c1ccccc1. The maximum absolute atomic E-state index is 11.6. The maximum atomic E-state index is 11.6. The van der Waals surface area contributed by atoms with Crippen molar-refractivity contribution in [2.45, 2.75) is 12.1 Å². The van der Waals surface area contributed by atoms with E-state index in [2.05, 4.69) is 10.2 Å². The van der Waals surface area contributed by atoms with Crippen LogP contribution < -0.4 is 4.74 Å². The highest BCUT2D eigenvalue weighted by Crippen LogP contribution is 2.21. The predicted octanol–water partition coefficient (Wildman–Crippen LogP) is 3.64. The van der Waals surface area contributed by atoms with Gasteiger partial charge < -0.3 is 4.74 Å². The average Bonchev–Trinajstić information content (AvgIpc) is 3.08. The zero-order chi connectivity index (χ0) is 16.8. The van der Waals surface area contributed by atoms with Gasteiger partial charge in [-0.15, -0.1) is 10.2 Å². The zero-order valence-electron chi connectivity index (χ0n) is 13.3. The second kappa shape index (κ2) is 7.79. The first-order valence-electron chi connectivity index (χ1n) is 7.56. The summed E-state index contributed by atoms with van der Waals surface area (Å²) in [6, 6.07) is 17.2. The number of ketones is 1. The van der Waals surface area contributed by atoms with Crippen molar-refractivity contribution in [2.75, 3.05) is 12.4 Å². The van der Waals surface area contributed by atoms with Crippen molar-refractivity contribution in [3.8, 4) is 11.4 Å². The van der Waals surface area contributed by atoms with E-state index in [1.54, 1.807) is 31.1 Å². The van der Waals surface area contributed by atoms with Crippen LogP contribution in [0.4, 0.5) is 0 Å². The second-order valence-corrected chi connectivity index (χ2v) is 6.13. The molecule has 0 amide bonds. The van der Waals surface area contributed by atoms with Crippen molar-refractivity contribution in [3.63, 3.8) is 0 Å². The van der Waals surface area contributed by atoms with Gasteiger partial charge in [0.05, 0.1) is 12.2 Å². The molecule has 122 valence electrons. The Bertz CT molecular complexity index is 818. The molecule has 1 heterocycles. The lowest BCUT2D eigenvalue weighted by molar-refractivity contribution is 0.101. The molecule has 0 N–H and O–H groups in total. The van der Waals surface area contributed by atoms with Crippen LogP contribution >= 0.6 is 11.8 Å². The van der Waals surface area contributed by atoms with Crippen LogP contribution in [0.5, 0.6) is 5.75 Å². The highest BCUT2D eigenvalue weighted by atomic mass is 32.2. The lowest BCUT2D eigenvalue weighted by Crippen LogP contribution is -2.05. The van der Waals surface area contributed by atoms with Gasteiger partial charge in [-0.2, -0.15) is 0 Å². The highest BCUT2D eigenvalue weighted by Gasteiger charge is 2.09. The maximum Gasteiger partial charge on any atom is 0.195 e. The predicted molar refractivity (Wildman–Crippen MR) is 94.0 cm³/mol. The van der Waals surface area contributed by atoms with Crippen LogP contribution in [0, 0.1) is 0 Å². The van der Waals surface area contributed by atoms with Crippen LogP contribution in [0.3, 0.4) is 0 Å². The first-order chi connectivity index (χ1) is 11.8. The topological polar surface area (TPSA) is 57.0 Å². The van der Waals surface area contributed by atoms with Crippen LogP contribution in [-0.4, -0.2) is 32.9 Å². The van der Waals surface area contributed by atoms with Gasteiger partial charge in [-0.05, 0) is 31.2 Å². The van der Waals surface area contributed by atoms with E-state index in [4.69, 9.17) is 4.74 Å². The van der Waals surface area contributed by atoms with Crippen molar-refractivity contribution in [1.82, 2.24) is 14.8 Å². The van der Waals surface area contributed by atoms with Gasteiger partial charge in [-0.25, -0.2) is 0 Å². The number of para-hydroxylation sites is 2. The largest absolute Gasteiger partial charge is 0.492 e. The third kappa shape index (κ3) is 3.83. The fourth-order valence-corrected chi connectivity index (χ4v) is 3.00. The van der Waals surface area contributed by atoms with Gasteiger partial charge in [0, 0.05) is 11.4 Å². The molecule has 2 aromatic carbocycles. The summed E-state index contributed by atoms with van der Waals surface area (Å²) in [4.78, 5) is 11.6. The van der Waals surface area contributed by atoms with Gasteiger partial charge in [-0.1, -0.05) is 42.1 Å². The molecule has 0 spiro atoms. The molecule has 0 atom stereocenters. The van der Waals surface area contributed by atoms with E-state index in [9.17, 15) is 4.79 Å². The number of nitrogens with zero attached hydrogens (tertiary/aromatic N) is 3. The number of thioether (sulfide) groups is 1. The minimum atomic E-state index is 0.00192. The Morgan fingerprint density at radius 2 is 1.88 bits per heavy atom. The molecule has 0 unspecified atom stereocenters. The molecule has 3 aromatic rings.